The standard InChI is InChI=1S/C10H11BrClNO/c11-8-1-9(12)3-10(2-8)14-6-7-4-13-5-7/h1-3,7,13H,4-6H2. The third-order valence-corrected chi connectivity index (χ3v) is 2.86. The van der Waals surface area contributed by atoms with Crippen molar-refractivity contribution < 1.29 is 4.74 Å². The largest absolute Gasteiger partial charge is 0.493 e. The summed E-state index contributed by atoms with van der Waals surface area (Å²) in [5.74, 6) is 1.48. The molecule has 1 fully saturated rings. The van der Waals surface area contributed by atoms with Gasteiger partial charge in [-0.15, -0.1) is 0 Å². The molecule has 0 radical (unpaired) electrons. The molecule has 1 aliphatic rings. The van der Waals surface area contributed by atoms with Crippen LogP contribution in [0.5, 0.6) is 5.75 Å². The molecule has 0 aromatic heterocycles. The Morgan fingerprint density at radius 1 is 1.43 bits per heavy atom. The van der Waals surface area contributed by atoms with Crippen molar-refractivity contribution in [2.75, 3.05) is 19.7 Å². The zero-order chi connectivity index (χ0) is 9.97. The second-order valence-corrected chi connectivity index (χ2v) is 4.79. The summed E-state index contributed by atoms with van der Waals surface area (Å²) in [5, 5.41) is 3.90. The van der Waals surface area contributed by atoms with E-state index in [1.807, 2.05) is 18.2 Å². The van der Waals surface area contributed by atoms with Gasteiger partial charge in [0.2, 0.25) is 0 Å². The molecule has 0 atom stereocenters. The third kappa shape index (κ3) is 2.62. The maximum Gasteiger partial charge on any atom is 0.121 e. The molecule has 0 saturated carbocycles. The average Bonchev–Trinajstić information content (AvgIpc) is 1.99. The minimum Gasteiger partial charge on any atom is -0.493 e. The van der Waals surface area contributed by atoms with Crippen LogP contribution < -0.4 is 10.1 Å². The summed E-state index contributed by atoms with van der Waals surface area (Å²) < 4.78 is 6.57. The second-order valence-electron chi connectivity index (χ2n) is 3.44. The van der Waals surface area contributed by atoms with Crippen LogP contribution in [0.3, 0.4) is 0 Å². The monoisotopic (exact) mass is 275 g/mol. The molecule has 1 N–H and O–H groups in total. The Bertz CT molecular complexity index is 308. The lowest BCUT2D eigenvalue weighted by molar-refractivity contribution is 0.199. The number of hydrogen-bond acceptors (Lipinski definition) is 2. The van der Waals surface area contributed by atoms with E-state index in [1.54, 1.807) is 0 Å². The summed E-state index contributed by atoms with van der Waals surface area (Å²) in [6.07, 6.45) is 0. The summed E-state index contributed by atoms with van der Waals surface area (Å²) in [7, 11) is 0. The minimum atomic E-state index is 0.646. The van der Waals surface area contributed by atoms with E-state index in [0.29, 0.717) is 10.9 Å². The zero-order valence-electron chi connectivity index (χ0n) is 7.59. The van der Waals surface area contributed by atoms with Gasteiger partial charge in [0.25, 0.3) is 0 Å². The molecule has 1 aromatic rings. The Kier molecular flexibility index (Phi) is 3.31. The van der Waals surface area contributed by atoms with Gasteiger partial charge in [0.15, 0.2) is 0 Å². The highest BCUT2D eigenvalue weighted by Crippen LogP contribution is 2.25. The van der Waals surface area contributed by atoms with Gasteiger partial charge in [0, 0.05) is 28.5 Å². The molecule has 1 saturated heterocycles. The first-order valence-electron chi connectivity index (χ1n) is 4.53. The van der Waals surface area contributed by atoms with Crippen molar-refractivity contribution in [1.29, 1.82) is 0 Å². The highest BCUT2D eigenvalue weighted by Gasteiger charge is 2.17. The quantitative estimate of drug-likeness (QED) is 0.916. The van der Waals surface area contributed by atoms with Crippen molar-refractivity contribution >= 4 is 27.5 Å². The SMILES string of the molecule is Clc1cc(Br)cc(OCC2CNC2)c1. The average molecular weight is 277 g/mol. The van der Waals surface area contributed by atoms with Crippen LogP contribution in [0.1, 0.15) is 0 Å². The van der Waals surface area contributed by atoms with Crippen LogP contribution in [0.15, 0.2) is 22.7 Å². The Labute approximate surface area is 96.7 Å². The van der Waals surface area contributed by atoms with Gasteiger partial charge in [-0.25, -0.2) is 0 Å². The smallest absolute Gasteiger partial charge is 0.121 e. The van der Waals surface area contributed by atoms with Gasteiger partial charge in [-0.2, -0.15) is 0 Å². The van der Waals surface area contributed by atoms with Crippen molar-refractivity contribution in [3.63, 3.8) is 0 Å². The molecule has 0 spiro atoms. The first kappa shape index (κ1) is 10.3. The van der Waals surface area contributed by atoms with E-state index in [1.165, 1.54) is 0 Å². The van der Waals surface area contributed by atoms with Gasteiger partial charge in [-0.3, -0.25) is 0 Å². The molecule has 76 valence electrons. The van der Waals surface area contributed by atoms with Crippen molar-refractivity contribution in [3.05, 3.63) is 27.7 Å². The normalized spacial score (nSPS) is 16.4. The molecule has 0 bridgehead atoms. The lowest BCUT2D eigenvalue weighted by atomic mass is 10.1. The van der Waals surface area contributed by atoms with Crippen molar-refractivity contribution in [2.45, 2.75) is 0 Å². The molecular formula is C10H11BrClNO. The summed E-state index contributed by atoms with van der Waals surface area (Å²) in [4.78, 5) is 0. The molecule has 1 aliphatic heterocycles. The fourth-order valence-corrected chi connectivity index (χ4v) is 2.12. The van der Waals surface area contributed by atoms with E-state index in [4.69, 9.17) is 16.3 Å². The van der Waals surface area contributed by atoms with Crippen LogP contribution in [0.2, 0.25) is 5.02 Å². The predicted octanol–water partition coefficient (Wildman–Crippen LogP) is 2.70. The molecule has 2 nitrogen and oxygen atoms in total. The molecule has 1 aromatic carbocycles. The van der Waals surface area contributed by atoms with Gasteiger partial charge >= 0.3 is 0 Å². The van der Waals surface area contributed by atoms with Crippen LogP contribution in [0.4, 0.5) is 0 Å². The van der Waals surface area contributed by atoms with E-state index in [0.717, 1.165) is 29.9 Å². The molecule has 4 heteroatoms. The van der Waals surface area contributed by atoms with E-state index >= 15 is 0 Å². The first-order chi connectivity index (χ1) is 6.74. The van der Waals surface area contributed by atoms with E-state index in [-0.39, 0.29) is 0 Å². The van der Waals surface area contributed by atoms with Crippen LogP contribution >= 0.6 is 27.5 Å². The molecular weight excluding hydrogens is 265 g/mol. The minimum absolute atomic E-state index is 0.646. The highest BCUT2D eigenvalue weighted by molar-refractivity contribution is 9.10. The van der Waals surface area contributed by atoms with Crippen molar-refractivity contribution in [1.82, 2.24) is 5.32 Å². The van der Waals surface area contributed by atoms with Gasteiger partial charge in [-0.1, -0.05) is 27.5 Å². The number of benzene rings is 1. The van der Waals surface area contributed by atoms with E-state index < -0.39 is 0 Å². The maximum atomic E-state index is 5.89. The number of halogens is 2. The van der Waals surface area contributed by atoms with Gasteiger partial charge < -0.3 is 10.1 Å². The van der Waals surface area contributed by atoms with E-state index in [9.17, 15) is 0 Å². The molecule has 0 unspecified atom stereocenters. The van der Waals surface area contributed by atoms with E-state index in [2.05, 4.69) is 21.2 Å². The van der Waals surface area contributed by atoms with Crippen LogP contribution in [-0.2, 0) is 0 Å². The van der Waals surface area contributed by atoms with Crippen LogP contribution in [-0.4, -0.2) is 19.7 Å². The third-order valence-electron chi connectivity index (χ3n) is 2.19. The first-order valence-corrected chi connectivity index (χ1v) is 5.71. The Balaban J connectivity index is 1.94. The Hall–Kier alpha value is -0.250. The fraction of sp³-hybridized carbons (Fsp3) is 0.400. The summed E-state index contributed by atoms with van der Waals surface area (Å²) in [6.45, 7) is 2.88. The van der Waals surface area contributed by atoms with Gasteiger partial charge in [0.05, 0.1) is 6.61 Å². The maximum absolute atomic E-state index is 5.89. The Morgan fingerprint density at radius 2 is 2.21 bits per heavy atom. The predicted molar refractivity (Wildman–Crippen MR) is 61.0 cm³/mol. The lowest BCUT2D eigenvalue weighted by Crippen LogP contribution is -2.45. The van der Waals surface area contributed by atoms with Crippen LogP contribution in [0, 0.1) is 5.92 Å². The lowest BCUT2D eigenvalue weighted by Gasteiger charge is -2.26. The molecule has 0 amide bonds. The van der Waals surface area contributed by atoms with Gasteiger partial charge in [-0.05, 0) is 18.2 Å². The Morgan fingerprint density at radius 3 is 2.79 bits per heavy atom. The summed E-state index contributed by atoms with van der Waals surface area (Å²) in [6, 6.07) is 5.61. The number of ether oxygens (including phenoxy) is 1. The number of rotatable bonds is 3. The highest BCUT2D eigenvalue weighted by atomic mass is 79.9. The van der Waals surface area contributed by atoms with Crippen molar-refractivity contribution in [3.8, 4) is 5.75 Å². The number of nitrogens with one attached hydrogen (secondary N) is 1. The number of hydrogen-bond donors (Lipinski definition) is 1. The topological polar surface area (TPSA) is 21.3 Å². The molecule has 1 heterocycles. The summed E-state index contributed by atoms with van der Waals surface area (Å²) >= 11 is 9.27. The molecule has 14 heavy (non-hydrogen) atoms. The summed E-state index contributed by atoms with van der Waals surface area (Å²) in [5.41, 5.74) is 0. The van der Waals surface area contributed by atoms with Gasteiger partial charge in [0.1, 0.15) is 5.75 Å². The molecule has 0 aliphatic carbocycles. The van der Waals surface area contributed by atoms with Crippen LogP contribution in [0.25, 0.3) is 0 Å². The molecule has 2 rings (SSSR count). The fourth-order valence-electron chi connectivity index (χ4n) is 1.29. The van der Waals surface area contributed by atoms with Crippen molar-refractivity contribution in [2.24, 2.45) is 5.92 Å². The second kappa shape index (κ2) is 4.51. The zero-order valence-corrected chi connectivity index (χ0v) is 9.94.